The number of rotatable bonds is 5. The summed E-state index contributed by atoms with van der Waals surface area (Å²) in [6.07, 6.45) is 5.59. The van der Waals surface area contributed by atoms with Crippen LogP contribution in [0, 0.1) is 5.92 Å². The molecule has 3 aromatic rings. The van der Waals surface area contributed by atoms with E-state index in [1.807, 2.05) is 36.4 Å². The molecule has 0 fully saturated rings. The van der Waals surface area contributed by atoms with E-state index < -0.39 is 0 Å². The molecule has 3 aromatic carbocycles. The Balaban J connectivity index is 1.48. The predicted octanol–water partition coefficient (Wildman–Crippen LogP) is 8.17. The Morgan fingerprint density at radius 3 is 2.69 bits per heavy atom. The Bertz CT molecular complexity index is 1200. The molecule has 32 heavy (non-hydrogen) atoms. The van der Waals surface area contributed by atoms with Gasteiger partial charge in [0.05, 0.1) is 28.3 Å². The topological polar surface area (TPSA) is 30.5 Å². The second-order valence-corrected chi connectivity index (χ2v) is 9.76. The molecule has 0 aromatic heterocycles. The van der Waals surface area contributed by atoms with Crippen molar-refractivity contribution in [3.05, 3.63) is 98.0 Å². The molecule has 1 heterocycles. The first kappa shape index (κ1) is 21.7. The zero-order valence-corrected chi connectivity index (χ0v) is 20.5. The van der Waals surface area contributed by atoms with Crippen molar-refractivity contribution in [2.24, 2.45) is 5.92 Å². The summed E-state index contributed by atoms with van der Waals surface area (Å²) in [5.41, 5.74) is 4.33. The van der Waals surface area contributed by atoms with E-state index in [0.717, 1.165) is 32.7 Å². The molecule has 0 radical (unpaired) electrons. The summed E-state index contributed by atoms with van der Waals surface area (Å²) in [7, 11) is 1.66. The first-order chi connectivity index (χ1) is 15.6. The smallest absolute Gasteiger partial charge is 0.175 e. The number of fused-ring (bicyclic) bond motifs is 3. The maximum absolute atomic E-state index is 6.56. The number of anilines is 1. The largest absolute Gasteiger partial charge is 0.493 e. The van der Waals surface area contributed by atoms with Crippen molar-refractivity contribution in [3.63, 3.8) is 0 Å². The van der Waals surface area contributed by atoms with Crippen molar-refractivity contribution in [1.29, 1.82) is 0 Å². The van der Waals surface area contributed by atoms with Crippen molar-refractivity contribution >= 4 is 44.8 Å². The molecule has 1 N–H and O–H groups in total. The maximum Gasteiger partial charge on any atom is 0.175 e. The highest BCUT2D eigenvalue weighted by atomic mass is 79.9. The van der Waals surface area contributed by atoms with Crippen LogP contribution in [0.15, 0.2) is 71.2 Å². The molecule has 0 amide bonds. The average Bonchev–Trinajstić information content (AvgIpc) is 3.29. The van der Waals surface area contributed by atoms with Gasteiger partial charge in [0.2, 0.25) is 0 Å². The van der Waals surface area contributed by atoms with Gasteiger partial charge in [-0.1, -0.05) is 65.7 Å². The van der Waals surface area contributed by atoms with Crippen LogP contribution in [0.1, 0.15) is 35.1 Å². The minimum atomic E-state index is 0.102. The number of benzene rings is 3. The van der Waals surface area contributed by atoms with Gasteiger partial charge in [-0.05, 0) is 63.7 Å². The fourth-order valence-corrected chi connectivity index (χ4v) is 5.74. The Morgan fingerprint density at radius 1 is 1.06 bits per heavy atom. The van der Waals surface area contributed by atoms with Gasteiger partial charge in [0, 0.05) is 16.5 Å². The Morgan fingerprint density at radius 2 is 1.88 bits per heavy atom. The van der Waals surface area contributed by atoms with Gasteiger partial charge < -0.3 is 14.8 Å². The fourth-order valence-electron chi connectivity index (χ4n) is 4.74. The standard InChI is InChI=1S/C26H22BrCl2NO2/c1-31-23-13-16(12-20(27)26(23)32-14-15-6-2-3-10-21(15)28)24-18-8-4-7-17(18)19-9-5-11-22(29)25(19)30-24/h2-7,9-13,17-18,24,30H,8,14H2,1H3/t17-,18+,24+/m1/s1. The normalized spacial score (nSPS) is 20.9. The van der Waals surface area contributed by atoms with Crippen LogP contribution in [0.3, 0.4) is 0 Å². The molecule has 5 rings (SSSR count). The molecule has 0 saturated carbocycles. The van der Waals surface area contributed by atoms with Crippen molar-refractivity contribution < 1.29 is 9.47 Å². The van der Waals surface area contributed by atoms with Crippen LogP contribution in [0.2, 0.25) is 10.0 Å². The number of para-hydroxylation sites is 1. The second-order valence-electron chi connectivity index (χ2n) is 8.09. The van der Waals surface area contributed by atoms with Crippen LogP contribution in [0.25, 0.3) is 0 Å². The highest BCUT2D eigenvalue weighted by molar-refractivity contribution is 9.10. The van der Waals surface area contributed by atoms with Gasteiger partial charge in [-0.2, -0.15) is 0 Å². The molecule has 0 bridgehead atoms. The summed E-state index contributed by atoms with van der Waals surface area (Å²) in [6.45, 7) is 0.354. The third kappa shape index (κ3) is 3.89. The molecule has 164 valence electrons. The van der Waals surface area contributed by atoms with Crippen LogP contribution >= 0.6 is 39.1 Å². The minimum absolute atomic E-state index is 0.102. The Hall–Kier alpha value is -2.14. The highest BCUT2D eigenvalue weighted by Crippen LogP contribution is 2.52. The number of allylic oxidation sites excluding steroid dienone is 2. The monoisotopic (exact) mass is 529 g/mol. The van der Waals surface area contributed by atoms with Gasteiger partial charge in [-0.15, -0.1) is 0 Å². The zero-order chi connectivity index (χ0) is 22.2. The second kappa shape index (κ2) is 9.01. The quantitative estimate of drug-likeness (QED) is 0.337. The molecule has 3 nitrogen and oxygen atoms in total. The highest BCUT2D eigenvalue weighted by Gasteiger charge is 2.39. The molecule has 1 aliphatic heterocycles. The van der Waals surface area contributed by atoms with Crippen molar-refractivity contribution in [3.8, 4) is 11.5 Å². The maximum atomic E-state index is 6.56. The van der Waals surface area contributed by atoms with Crippen LogP contribution in [0.5, 0.6) is 11.5 Å². The first-order valence-corrected chi connectivity index (χ1v) is 12.1. The van der Waals surface area contributed by atoms with E-state index in [1.165, 1.54) is 5.56 Å². The summed E-state index contributed by atoms with van der Waals surface area (Å²) in [6, 6.07) is 18.1. The van der Waals surface area contributed by atoms with Crippen molar-refractivity contribution in [2.75, 3.05) is 12.4 Å². The lowest BCUT2D eigenvalue weighted by Crippen LogP contribution is -2.29. The van der Waals surface area contributed by atoms with Gasteiger partial charge in [0.25, 0.3) is 0 Å². The minimum Gasteiger partial charge on any atom is -0.493 e. The number of hydrogen-bond donors (Lipinski definition) is 1. The number of halogens is 3. The molecular weight excluding hydrogens is 509 g/mol. The summed E-state index contributed by atoms with van der Waals surface area (Å²) in [4.78, 5) is 0. The van der Waals surface area contributed by atoms with Gasteiger partial charge in [0.15, 0.2) is 11.5 Å². The van der Waals surface area contributed by atoms with E-state index in [9.17, 15) is 0 Å². The van der Waals surface area contributed by atoms with Crippen molar-refractivity contribution in [2.45, 2.75) is 25.0 Å². The van der Waals surface area contributed by atoms with E-state index in [0.29, 0.717) is 35.0 Å². The van der Waals surface area contributed by atoms with Gasteiger partial charge in [-0.25, -0.2) is 0 Å². The zero-order valence-electron chi connectivity index (χ0n) is 17.4. The van der Waals surface area contributed by atoms with Crippen LogP contribution in [0.4, 0.5) is 5.69 Å². The number of nitrogens with one attached hydrogen (secondary N) is 1. The summed E-state index contributed by atoms with van der Waals surface area (Å²) in [5, 5.41) is 5.14. The molecule has 2 aliphatic rings. The third-order valence-electron chi connectivity index (χ3n) is 6.29. The summed E-state index contributed by atoms with van der Waals surface area (Å²) >= 11 is 16.6. The molecule has 0 spiro atoms. The molecular formula is C26H22BrCl2NO2. The van der Waals surface area contributed by atoms with Gasteiger partial charge in [0.1, 0.15) is 6.61 Å². The summed E-state index contributed by atoms with van der Waals surface area (Å²) < 4.78 is 12.7. The van der Waals surface area contributed by atoms with Crippen LogP contribution in [-0.4, -0.2) is 7.11 Å². The van der Waals surface area contributed by atoms with Crippen LogP contribution in [-0.2, 0) is 6.61 Å². The van der Waals surface area contributed by atoms with Crippen LogP contribution < -0.4 is 14.8 Å². The first-order valence-electron chi connectivity index (χ1n) is 10.5. The Kier molecular flexibility index (Phi) is 6.11. The lowest BCUT2D eigenvalue weighted by Gasteiger charge is -2.38. The molecule has 6 heteroatoms. The SMILES string of the molecule is COc1cc([C@@H]2Nc3c(Cl)cccc3[C@@H]3C=CC[C@@H]32)cc(Br)c1OCc1ccccc1Cl. The number of hydrogen-bond acceptors (Lipinski definition) is 3. The van der Waals surface area contributed by atoms with Gasteiger partial charge in [-0.3, -0.25) is 0 Å². The molecule has 3 atom stereocenters. The van der Waals surface area contributed by atoms with Crippen molar-refractivity contribution in [1.82, 2.24) is 0 Å². The van der Waals surface area contributed by atoms with Gasteiger partial charge >= 0.3 is 0 Å². The predicted molar refractivity (Wildman–Crippen MR) is 134 cm³/mol. The number of ether oxygens (including phenoxy) is 2. The van der Waals surface area contributed by atoms with E-state index >= 15 is 0 Å². The average molecular weight is 531 g/mol. The molecule has 0 unspecified atom stereocenters. The number of methoxy groups -OCH3 is 1. The van der Waals surface area contributed by atoms with E-state index in [4.69, 9.17) is 32.7 Å². The lowest BCUT2D eigenvalue weighted by atomic mass is 9.77. The van der Waals surface area contributed by atoms with E-state index in [-0.39, 0.29) is 6.04 Å². The van der Waals surface area contributed by atoms with E-state index in [2.05, 4.69) is 51.6 Å². The Labute approximate surface area is 206 Å². The lowest BCUT2D eigenvalue weighted by molar-refractivity contribution is 0.282. The fraction of sp³-hybridized carbons (Fsp3) is 0.231. The molecule has 1 aliphatic carbocycles. The summed E-state index contributed by atoms with van der Waals surface area (Å²) in [5.74, 6) is 2.09. The van der Waals surface area contributed by atoms with E-state index in [1.54, 1.807) is 7.11 Å². The third-order valence-corrected chi connectivity index (χ3v) is 7.56. The molecule has 0 saturated heterocycles.